The van der Waals surface area contributed by atoms with Crippen molar-refractivity contribution in [2.75, 3.05) is 31.8 Å². The number of ketones is 1. The van der Waals surface area contributed by atoms with Gasteiger partial charge in [-0.2, -0.15) is 0 Å². The predicted octanol–water partition coefficient (Wildman–Crippen LogP) is 1.95. The molecule has 0 unspecified atom stereocenters. The van der Waals surface area contributed by atoms with Crippen molar-refractivity contribution in [3.8, 4) is 11.5 Å². The summed E-state index contributed by atoms with van der Waals surface area (Å²) in [5.74, 6) is 0.441. The SMILES string of the molecule is CN1C(=O)Cc2cc(C(=O)COC(=O)Cc3ccc4c(c3)OCCO4)ccc21. The number of Topliss-reactive ketones (excluding diaryl/α,β-unsaturated/α-hetero) is 1. The lowest BCUT2D eigenvalue weighted by molar-refractivity contribution is -0.141. The lowest BCUT2D eigenvalue weighted by atomic mass is 10.1. The maximum atomic E-state index is 12.3. The van der Waals surface area contributed by atoms with Gasteiger partial charge in [-0.25, -0.2) is 0 Å². The summed E-state index contributed by atoms with van der Waals surface area (Å²) >= 11 is 0. The Morgan fingerprint density at radius 1 is 1.07 bits per heavy atom. The van der Waals surface area contributed by atoms with Gasteiger partial charge in [-0.1, -0.05) is 6.07 Å². The summed E-state index contributed by atoms with van der Waals surface area (Å²) in [6.07, 6.45) is 0.310. The molecular weight excluding hydrogens is 362 g/mol. The van der Waals surface area contributed by atoms with Crippen LogP contribution in [0.5, 0.6) is 11.5 Å². The standard InChI is InChI=1S/C21H19NO6/c1-22-16-4-3-14(10-15(16)11-20(22)24)17(23)12-28-21(25)9-13-2-5-18-19(8-13)27-7-6-26-18/h2-5,8,10H,6-7,9,11-12H2,1H3. The zero-order chi connectivity index (χ0) is 19.7. The van der Waals surface area contributed by atoms with E-state index in [2.05, 4.69) is 0 Å². The first-order valence-electron chi connectivity index (χ1n) is 8.98. The monoisotopic (exact) mass is 381 g/mol. The number of hydrogen-bond acceptors (Lipinski definition) is 6. The molecule has 0 atom stereocenters. The number of rotatable bonds is 5. The average Bonchev–Trinajstić information content (AvgIpc) is 2.99. The van der Waals surface area contributed by atoms with E-state index in [1.54, 1.807) is 48.3 Å². The van der Waals surface area contributed by atoms with E-state index >= 15 is 0 Å². The zero-order valence-electron chi connectivity index (χ0n) is 15.4. The number of likely N-dealkylation sites (N-methyl/N-ethyl adjacent to an activating group) is 1. The van der Waals surface area contributed by atoms with Crippen molar-refractivity contribution in [3.05, 3.63) is 53.1 Å². The van der Waals surface area contributed by atoms with E-state index in [4.69, 9.17) is 14.2 Å². The third-order valence-corrected chi connectivity index (χ3v) is 4.80. The lowest BCUT2D eigenvalue weighted by Crippen LogP contribution is -2.20. The number of esters is 1. The van der Waals surface area contributed by atoms with Crippen LogP contribution >= 0.6 is 0 Å². The van der Waals surface area contributed by atoms with Gasteiger partial charge in [-0.15, -0.1) is 0 Å². The van der Waals surface area contributed by atoms with Gasteiger partial charge in [0.25, 0.3) is 0 Å². The van der Waals surface area contributed by atoms with Crippen LogP contribution in [0.4, 0.5) is 5.69 Å². The molecule has 2 aliphatic heterocycles. The van der Waals surface area contributed by atoms with Crippen LogP contribution in [-0.4, -0.2) is 44.5 Å². The highest BCUT2D eigenvalue weighted by Gasteiger charge is 2.25. The van der Waals surface area contributed by atoms with Crippen molar-refractivity contribution >= 4 is 23.3 Å². The molecular formula is C21H19NO6. The molecule has 0 aromatic heterocycles. The molecule has 28 heavy (non-hydrogen) atoms. The number of amides is 1. The molecule has 0 bridgehead atoms. The minimum Gasteiger partial charge on any atom is -0.486 e. The Balaban J connectivity index is 1.34. The van der Waals surface area contributed by atoms with Gasteiger partial charge in [-0.05, 0) is 41.5 Å². The maximum Gasteiger partial charge on any atom is 0.310 e. The number of benzene rings is 2. The highest BCUT2D eigenvalue weighted by atomic mass is 16.6. The minimum absolute atomic E-state index is 0.00884. The van der Waals surface area contributed by atoms with Crippen LogP contribution < -0.4 is 14.4 Å². The van der Waals surface area contributed by atoms with Crippen molar-refractivity contribution in [1.82, 2.24) is 0 Å². The van der Waals surface area contributed by atoms with Crippen LogP contribution in [-0.2, 0) is 27.2 Å². The Morgan fingerprint density at radius 3 is 2.68 bits per heavy atom. The van der Waals surface area contributed by atoms with Crippen molar-refractivity contribution < 1.29 is 28.6 Å². The van der Waals surface area contributed by atoms with E-state index in [0.29, 0.717) is 30.3 Å². The van der Waals surface area contributed by atoms with Crippen molar-refractivity contribution in [2.24, 2.45) is 0 Å². The molecule has 0 saturated heterocycles. The van der Waals surface area contributed by atoms with Crippen LogP contribution in [0.25, 0.3) is 0 Å². The molecule has 2 aromatic carbocycles. The van der Waals surface area contributed by atoms with Crippen LogP contribution in [0.1, 0.15) is 21.5 Å². The second-order valence-electron chi connectivity index (χ2n) is 6.71. The first-order chi connectivity index (χ1) is 13.5. The second kappa shape index (κ2) is 7.34. The normalized spacial score (nSPS) is 14.6. The van der Waals surface area contributed by atoms with E-state index < -0.39 is 5.97 Å². The van der Waals surface area contributed by atoms with Gasteiger partial charge in [-0.3, -0.25) is 14.4 Å². The first kappa shape index (κ1) is 18.0. The molecule has 0 N–H and O–H groups in total. The molecule has 0 aliphatic carbocycles. The Labute approximate surface area is 161 Å². The molecule has 0 fully saturated rings. The third kappa shape index (κ3) is 3.55. The fourth-order valence-corrected chi connectivity index (χ4v) is 3.29. The number of nitrogens with zero attached hydrogens (tertiary/aromatic N) is 1. The fraction of sp³-hybridized carbons (Fsp3) is 0.286. The summed E-state index contributed by atoms with van der Waals surface area (Å²) in [5.41, 5.74) is 2.76. The average molecular weight is 381 g/mol. The van der Waals surface area contributed by atoms with Crippen LogP contribution in [0.15, 0.2) is 36.4 Å². The summed E-state index contributed by atoms with van der Waals surface area (Å²) in [5, 5.41) is 0. The van der Waals surface area contributed by atoms with Gasteiger partial charge in [0.2, 0.25) is 5.91 Å². The smallest absolute Gasteiger partial charge is 0.310 e. The number of carbonyl (C=O) groups excluding carboxylic acids is 3. The molecule has 4 rings (SSSR count). The largest absolute Gasteiger partial charge is 0.486 e. The van der Waals surface area contributed by atoms with Gasteiger partial charge < -0.3 is 19.1 Å². The van der Waals surface area contributed by atoms with Gasteiger partial charge in [0.1, 0.15) is 13.2 Å². The van der Waals surface area contributed by atoms with Crippen LogP contribution in [0.3, 0.4) is 0 Å². The van der Waals surface area contributed by atoms with Gasteiger partial charge in [0, 0.05) is 18.3 Å². The van der Waals surface area contributed by atoms with Gasteiger partial charge in [0.15, 0.2) is 23.9 Å². The second-order valence-corrected chi connectivity index (χ2v) is 6.71. The van der Waals surface area contributed by atoms with E-state index in [1.807, 2.05) is 0 Å². The zero-order valence-corrected chi connectivity index (χ0v) is 15.4. The summed E-state index contributed by atoms with van der Waals surface area (Å²) in [4.78, 5) is 37.7. The molecule has 1 amide bonds. The molecule has 144 valence electrons. The van der Waals surface area contributed by atoms with E-state index in [-0.39, 0.29) is 31.1 Å². The number of carbonyl (C=O) groups is 3. The van der Waals surface area contributed by atoms with Crippen molar-refractivity contribution in [3.63, 3.8) is 0 Å². The molecule has 2 heterocycles. The summed E-state index contributed by atoms with van der Waals surface area (Å²) in [6.45, 7) is 0.632. The van der Waals surface area contributed by atoms with E-state index in [0.717, 1.165) is 16.8 Å². The Hall–Kier alpha value is -3.35. The molecule has 7 heteroatoms. The first-order valence-corrected chi connectivity index (χ1v) is 8.98. The van der Waals surface area contributed by atoms with Crippen LogP contribution in [0.2, 0.25) is 0 Å². The quantitative estimate of drug-likeness (QED) is 0.582. The number of hydrogen-bond donors (Lipinski definition) is 0. The molecule has 0 radical (unpaired) electrons. The molecule has 2 aromatic rings. The fourth-order valence-electron chi connectivity index (χ4n) is 3.29. The highest BCUT2D eigenvalue weighted by molar-refractivity contribution is 6.04. The van der Waals surface area contributed by atoms with E-state index in [9.17, 15) is 14.4 Å². The maximum absolute atomic E-state index is 12.3. The summed E-state index contributed by atoms with van der Waals surface area (Å²) in [6, 6.07) is 10.3. The Kier molecular flexibility index (Phi) is 4.73. The van der Waals surface area contributed by atoms with Gasteiger partial charge in [0.05, 0.1) is 12.8 Å². The number of ether oxygens (including phenoxy) is 3. The number of fused-ring (bicyclic) bond motifs is 2. The van der Waals surface area contributed by atoms with E-state index in [1.165, 1.54) is 0 Å². The minimum atomic E-state index is -0.499. The number of anilines is 1. The molecule has 2 aliphatic rings. The van der Waals surface area contributed by atoms with Crippen molar-refractivity contribution in [2.45, 2.75) is 12.8 Å². The van der Waals surface area contributed by atoms with Crippen LogP contribution in [0, 0.1) is 0 Å². The topological polar surface area (TPSA) is 82.1 Å². The lowest BCUT2D eigenvalue weighted by Gasteiger charge is -2.18. The predicted molar refractivity (Wildman–Crippen MR) is 100.0 cm³/mol. The molecule has 0 spiro atoms. The highest BCUT2D eigenvalue weighted by Crippen LogP contribution is 2.31. The Morgan fingerprint density at radius 2 is 1.86 bits per heavy atom. The molecule has 7 nitrogen and oxygen atoms in total. The van der Waals surface area contributed by atoms with Crippen molar-refractivity contribution in [1.29, 1.82) is 0 Å². The summed E-state index contributed by atoms with van der Waals surface area (Å²) in [7, 11) is 1.70. The Bertz CT molecular complexity index is 967. The van der Waals surface area contributed by atoms with Gasteiger partial charge >= 0.3 is 5.97 Å². The third-order valence-electron chi connectivity index (χ3n) is 4.80. The summed E-state index contributed by atoms with van der Waals surface area (Å²) < 4.78 is 16.1. The molecule has 0 saturated carbocycles.